The molecule has 0 heterocycles. The lowest BCUT2D eigenvalue weighted by atomic mass is 9.77. The van der Waals surface area contributed by atoms with Gasteiger partial charge in [-0.2, -0.15) is 0 Å². The molecule has 0 unspecified atom stereocenters. The van der Waals surface area contributed by atoms with Gasteiger partial charge in [0.2, 0.25) is 0 Å². The van der Waals surface area contributed by atoms with E-state index in [0.717, 1.165) is 31.2 Å². The van der Waals surface area contributed by atoms with E-state index in [0.29, 0.717) is 11.5 Å². The van der Waals surface area contributed by atoms with Gasteiger partial charge in [0, 0.05) is 37.0 Å². The van der Waals surface area contributed by atoms with Crippen LogP contribution in [0.5, 0.6) is 11.5 Å². The lowest BCUT2D eigenvalue weighted by Gasteiger charge is -2.31. The van der Waals surface area contributed by atoms with E-state index in [4.69, 9.17) is 42.6 Å². The van der Waals surface area contributed by atoms with Crippen molar-refractivity contribution < 1.29 is 75.8 Å². The highest BCUT2D eigenvalue weighted by molar-refractivity contribution is 6.30. The zero-order chi connectivity index (χ0) is 46.4. The van der Waals surface area contributed by atoms with E-state index >= 15 is 4.39 Å². The van der Waals surface area contributed by atoms with Gasteiger partial charge < -0.3 is 42.6 Å². The number of esters is 5. The lowest BCUT2D eigenvalue weighted by Crippen LogP contribution is -2.45. The highest BCUT2D eigenvalue weighted by Crippen LogP contribution is 2.41. The Morgan fingerprint density at radius 2 is 1.21 bits per heavy atom. The minimum absolute atomic E-state index is 0.00520. The van der Waals surface area contributed by atoms with Crippen LogP contribution in [-0.2, 0) is 61.9 Å². The zero-order valence-corrected chi connectivity index (χ0v) is 37.1. The van der Waals surface area contributed by atoms with Gasteiger partial charge in [0.25, 0.3) is 0 Å². The lowest BCUT2D eigenvalue weighted by molar-refractivity contribution is -0.179. The van der Waals surface area contributed by atoms with Gasteiger partial charge >= 0.3 is 29.8 Å². The van der Waals surface area contributed by atoms with Crippen molar-refractivity contribution in [3.8, 4) is 22.6 Å². The summed E-state index contributed by atoms with van der Waals surface area (Å²) in [5.41, 5.74) is -0.130. The molecule has 1 fully saturated rings. The summed E-state index contributed by atoms with van der Waals surface area (Å²) in [7, 11) is 2.73. The largest absolute Gasteiger partial charge is 0.492 e. The number of unbranched alkanes of at least 4 members (excludes halogenated alkanes) is 2. The number of ketones is 1. The molecular weight excluding hydrogens is 823 g/mol. The van der Waals surface area contributed by atoms with Crippen molar-refractivity contribution in [2.24, 2.45) is 11.3 Å². The highest BCUT2D eigenvalue weighted by Gasteiger charge is 2.39. The van der Waals surface area contributed by atoms with Crippen LogP contribution in [0.2, 0.25) is 0 Å². The van der Waals surface area contributed by atoms with Gasteiger partial charge in [-0.25, -0.2) is 28.4 Å². The number of halogens is 1. The summed E-state index contributed by atoms with van der Waals surface area (Å²) >= 11 is 0. The van der Waals surface area contributed by atoms with E-state index in [1.807, 2.05) is 6.07 Å². The van der Waals surface area contributed by atoms with Gasteiger partial charge in [-0.1, -0.05) is 57.9 Å². The van der Waals surface area contributed by atoms with Crippen LogP contribution in [-0.4, -0.2) is 109 Å². The summed E-state index contributed by atoms with van der Waals surface area (Å²) in [6.45, 7) is 8.58. The smallest absolute Gasteiger partial charge is 0.417 e. The maximum atomic E-state index is 16.1. The Kier molecular flexibility index (Phi) is 22.0. The molecule has 1 aliphatic rings. The summed E-state index contributed by atoms with van der Waals surface area (Å²) in [6, 6.07) is 9.57. The van der Waals surface area contributed by atoms with Gasteiger partial charge in [-0.05, 0) is 80.7 Å². The average molecular weight is 885 g/mol. The molecule has 63 heavy (non-hydrogen) atoms. The molecule has 0 saturated heterocycles. The van der Waals surface area contributed by atoms with Gasteiger partial charge in [-0.15, -0.1) is 0 Å². The molecule has 0 spiro atoms. The van der Waals surface area contributed by atoms with Crippen molar-refractivity contribution in [1.82, 2.24) is 0 Å². The Balaban J connectivity index is 1.97. The Morgan fingerprint density at radius 3 is 1.73 bits per heavy atom. The van der Waals surface area contributed by atoms with Gasteiger partial charge in [0.1, 0.15) is 62.4 Å². The van der Waals surface area contributed by atoms with Crippen LogP contribution in [0.1, 0.15) is 83.6 Å². The first-order valence-electron chi connectivity index (χ1n) is 21.0. The van der Waals surface area contributed by atoms with Crippen LogP contribution in [0.15, 0.2) is 60.7 Å². The fraction of sp³-hybridized carbons (Fsp3) is 0.532. The second kappa shape index (κ2) is 26.8. The third kappa shape index (κ3) is 17.2. The molecule has 0 atom stereocenters. The predicted octanol–water partition coefficient (Wildman–Crippen LogP) is 6.82. The Hall–Kier alpha value is -5.61. The Bertz CT molecular complexity index is 1860. The second-order valence-corrected chi connectivity index (χ2v) is 15.7. The standard InChI is InChI=1S/C47H61FO15/c1-8-9-10-11-33-12-14-34(15-13-33)35-16-18-37(39(48)24-35)38-19-17-36(25-41(38)59-26-40(49)31(2)3)60-27-47(28-61-42(50)32(4)5,29-62-45(53)43(51)57-22-20-55-6)30-63-46(54)44(52)58-23-21-56-7/h16-19,24-25,33-34H,2,4,8-15,20-23,26-30H2,1,3,5-7H3. The van der Waals surface area contributed by atoms with Crippen molar-refractivity contribution in [3.63, 3.8) is 0 Å². The van der Waals surface area contributed by atoms with Crippen LogP contribution in [0.3, 0.4) is 0 Å². The third-order valence-electron chi connectivity index (χ3n) is 10.4. The second-order valence-electron chi connectivity index (χ2n) is 15.7. The molecule has 1 saturated carbocycles. The normalized spacial score (nSPS) is 14.8. The van der Waals surface area contributed by atoms with E-state index in [9.17, 15) is 28.8 Å². The molecule has 15 nitrogen and oxygen atoms in total. The molecule has 3 rings (SSSR count). The summed E-state index contributed by atoms with van der Waals surface area (Å²) in [5.74, 6) is -6.32. The molecule has 2 aromatic carbocycles. The molecule has 0 aromatic heterocycles. The molecule has 2 aromatic rings. The van der Waals surface area contributed by atoms with Crippen molar-refractivity contribution in [2.75, 3.05) is 73.7 Å². The fourth-order valence-corrected chi connectivity index (χ4v) is 6.61. The average Bonchev–Trinajstić information content (AvgIpc) is 3.27. The van der Waals surface area contributed by atoms with Crippen molar-refractivity contribution >= 4 is 35.6 Å². The molecule has 16 heteroatoms. The van der Waals surface area contributed by atoms with E-state index < -0.39 is 79.9 Å². The van der Waals surface area contributed by atoms with E-state index in [1.54, 1.807) is 12.1 Å². The highest BCUT2D eigenvalue weighted by atomic mass is 19.1. The Labute approximate surface area is 368 Å². The van der Waals surface area contributed by atoms with Gasteiger partial charge in [0.15, 0.2) is 12.4 Å². The number of carbonyl (C=O) groups is 6. The predicted molar refractivity (Wildman–Crippen MR) is 227 cm³/mol. The molecule has 1 aliphatic carbocycles. The fourth-order valence-electron chi connectivity index (χ4n) is 6.61. The first-order valence-corrected chi connectivity index (χ1v) is 21.0. The number of carbonyl (C=O) groups excluding carboxylic acids is 6. The van der Waals surface area contributed by atoms with Crippen molar-refractivity contribution in [1.29, 1.82) is 0 Å². The number of Topliss-reactive ketones (excluding diaryl/α,β-unsaturated/α-hetero) is 1. The van der Waals surface area contributed by atoms with Gasteiger partial charge in [0.05, 0.1) is 13.2 Å². The first kappa shape index (κ1) is 51.7. The summed E-state index contributed by atoms with van der Waals surface area (Å²) < 4.78 is 63.4. The SMILES string of the molecule is C=C(C)C(=O)COc1cc(OCC(COC(=O)C(=C)C)(COC(=O)C(=O)OCCOC)COC(=O)C(=O)OCCOC)ccc1-c1ccc(C2CCC(CCCCC)CC2)cc1F. The van der Waals surface area contributed by atoms with E-state index in [-0.39, 0.29) is 60.6 Å². The van der Waals surface area contributed by atoms with Crippen LogP contribution in [0, 0.1) is 17.2 Å². The number of methoxy groups -OCH3 is 2. The molecule has 0 amide bonds. The number of hydrogen-bond acceptors (Lipinski definition) is 15. The van der Waals surface area contributed by atoms with Crippen LogP contribution >= 0.6 is 0 Å². The zero-order valence-electron chi connectivity index (χ0n) is 37.1. The quantitative estimate of drug-likeness (QED) is 0.0315. The first-order chi connectivity index (χ1) is 30.1. The molecular formula is C47H61FO15. The van der Waals surface area contributed by atoms with Crippen molar-refractivity contribution in [3.05, 3.63) is 72.1 Å². The summed E-state index contributed by atoms with van der Waals surface area (Å²) in [5, 5.41) is 0. The molecule has 346 valence electrons. The van der Waals surface area contributed by atoms with Crippen LogP contribution in [0.4, 0.5) is 4.39 Å². The summed E-state index contributed by atoms with van der Waals surface area (Å²) in [4.78, 5) is 75.4. The Morgan fingerprint density at radius 1 is 0.651 bits per heavy atom. The monoisotopic (exact) mass is 884 g/mol. The molecule has 0 aliphatic heterocycles. The summed E-state index contributed by atoms with van der Waals surface area (Å²) in [6.07, 6.45) is 9.09. The van der Waals surface area contributed by atoms with E-state index in [1.165, 1.54) is 71.9 Å². The van der Waals surface area contributed by atoms with Crippen LogP contribution < -0.4 is 9.47 Å². The molecule has 0 radical (unpaired) electrons. The number of ether oxygens (including phenoxy) is 9. The maximum Gasteiger partial charge on any atom is 0.417 e. The third-order valence-corrected chi connectivity index (χ3v) is 10.4. The van der Waals surface area contributed by atoms with E-state index in [2.05, 4.69) is 20.1 Å². The minimum atomic E-state index is -1.80. The molecule has 0 bridgehead atoms. The number of hydrogen-bond donors (Lipinski definition) is 0. The number of rotatable bonds is 26. The van der Waals surface area contributed by atoms with Gasteiger partial charge in [-0.3, -0.25) is 4.79 Å². The topological polar surface area (TPSA) is 185 Å². The van der Waals surface area contributed by atoms with Crippen LogP contribution in [0.25, 0.3) is 11.1 Å². The van der Waals surface area contributed by atoms with Crippen molar-refractivity contribution in [2.45, 2.75) is 78.1 Å². The minimum Gasteiger partial charge on any atom is -0.492 e. The number of benzene rings is 2. The molecule has 0 N–H and O–H groups in total. The maximum absolute atomic E-state index is 16.1.